The number of likely N-dealkylation sites (tertiary alicyclic amines) is 1. The van der Waals surface area contributed by atoms with Crippen LogP contribution in [0, 0.1) is 5.92 Å². The number of amides is 2. The van der Waals surface area contributed by atoms with Gasteiger partial charge in [0, 0.05) is 18.1 Å². The Kier molecular flexibility index (Phi) is 5.26. The molecule has 1 unspecified atom stereocenters. The first kappa shape index (κ1) is 18.7. The summed E-state index contributed by atoms with van der Waals surface area (Å²) in [5.74, 6) is 0.662. The van der Waals surface area contributed by atoms with E-state index >= 15 is 0 Å². The van der Waals surface area contributed by atoms with E-state index < -0.39 is 5.92 Å². The van der Waals surface area contributed by atoms with Crippen molar-refractivity contribution in [3.05, 3.63) is 29.8 Å². The van der Waals surface area contributed by atoms with Gasteiger partial charge in [-0.15, -0.1) is 0 Å². The van der Waals surface area contributed by atoms with E-state index in [2.05, 4.69) is 17.4 Å². The van der Waals surface area contributed by atoms with Crippen LogP contribution in [0.15, 0.2) is 24.3 Å². The van der Waals surface area contributed by atoms with Crippen LogP contribution in [0.25, 0.3) is 0 Å². The minimum atomic E-state index is -0.529. The van der Waals surface area contributed by atoms with E-state index in [4.69, 9.17) is 4.74 Å². The Morgan fingerprint density at radius 1 is 1.27 bits per heavy atom. The van der Waals surface area contributed by atoms with Gasteiger partial charge in [-0.25, -0.2) is 0 Å². The van der Waals surface area contributed by atoms with Gasteiger partial charge >= 0.3 is 0 Å². The number of nitrogens with one attached hydrogen (secondary N) is 1. The van der Waals surface area contributed by atoms with E-state index in [9.17, 15) is 9.59 Å². The van der Waals surface area contributed by atoms with E-state index in [1.54, 1.807) is 7.11 Å². The number of benzene rings is 1. The summed E-state index contributed by atoms with van der Waals surface area (Å²) in [6.07, 6.45) is 3.38. The van der Waals surface area contributed by atoms with Crippen molar-refractivity contribution in [2.75, 3.05) is 13.7 Å². The third kappa shape index (κ3) is 3.87. The Bertz CT molecular complexity index is 674. The van der Waals surface area contributed by atoms with Crippen LogP contribution in [0.5, 0.6) is 5.75 Å². The fourth-order valence-corrected chi connectivity index (χ4v) is 3.99. The number of carbonyl (C=O) groups excluding carboxylic acids is 2. The van der Waals surface area contributed by atoms with Crippen LogP contribution in [0.2, 0.25) is 0 Å². The summed E-state index contributed by atoms with van der Waals surface area (Å²) in [6, 6.07) is 8.28. The molecule has 1 atom stereocenters. The lowest BCUT2D eigenvalue weighted by Crippen LogP contribution is -2.56. The van der Waals surface area contributed by atoms with Crippen LogP contribution < -0.4 is 10.1 Å². The molecule has 0 bridgehead atoms. The van der Waals surface area contributed by atoms with Crippen LogP contribution in [0.3, 0.4) is 0 Å². The molecule has 2 amide bonds. The van der Waals surface area contributed by atoms with E-state index in [1.165, 1.54) is 5.56 Å². The van der Waals surface area contributed by atoms with E-state index in [0.29, 0.717) is 12.3 Å². The molecule has 26 heavy (non-hydrogen) atoms. The maximum absolute atomic E-state index is 12.7. The van der Waals surface area contributed by atoms with Crippen LogP contribution >= 0.6 is 0 Å². The lowest BCUT2D eigenvalue weighted by atomic mass is 9.75. The van der Waals surface area contributed by atoms with Crippen LogP contribution in [-0.2, 0) is 9.59 Å². The highest BCUT2D eigenvalue weighted by molar-refractivity contribution is 6.01. The van der Waals surface area contributed by atoms with E-state index in [-0.39, 0.29) is 23.4 Å². The maximum atomic E-state index is 12.7. The lowest BCUT2D eigenvalue weighted by Gasteiger charge is -2.42. The standard InChI is InChI=1S/C21H30N2O3/c1-21(2,3)23-10-6-9-18(20(23)25)19(24)22-16-11-15(12-16)14-7-5-8-17(13-14)26-4/h5,7-8,13,15-16,18H,6,9-12H2,1-4H3,(H,22,24). The number of nitrogens with zero attached hydrogens (tertiary/aromatic N) is 1. The molecule has 142 valence electrons. The Morgan fingerprint density at radius 2 is 2.00 bits per heavy atom. The van der Waals surface area contributed by atoms with Crippen molar-refractivity contribution >= 4 is 11.8 Å². The van der Waals surface area contributed by atoms with Gasteiger partial charge in [0.15, 0.2) is 0 Å². The molecule has 5 heteroatoms. The highest BCUT2D eigenvalue weighted by Gasteiger charge is 2.40. The van der Waals surface area contributed by atoms with Crippen molar-refractivity contribution < 1.29 is 14.3 Å². The predicted molar refractivity (Wildman–Crippen MR) is 101 cm³/mol. The first-order chi connectivity index (χ1) is 12.3. The quantitative estimate of drug-likeness (QED) is 0.842. The van der Waals surface area contributed by atoms with Crippen LogP contribution in [0.1, 0.15) is 57.9 Å². The second-order valence-corrected chi connectivity index (χ2v) is 8.51. The molecule has 1 N–H and O–H groups in total. The Morgan fingerprint density at radius 3 is 2.65 bits per heavy atom. The first-order valence-electron chi connectivity index (χ1n) is 9.55. The highest BCUT2D eigenvalue weighted by atomic mass is 16.5. The van der Waals surface area contributed by atoms with E-state index in [0.717, 1.165) is 31.6 Å². The summed E-state index contributed by atoms with van der Waals surface area (Å²) in [5, 5.41) is 3.10. The molecular formula is C21H30N2O3. The van der Waals surface area contributed by atoms with Gasteiger partial charge < -0.3 is 15.0 Å². The van der Waals surface area contributed by atoms with Crippen LogP contribution in [0.4, 0.5) is 0 Å². The molecule has 0 spiro atoms. The second kappa shape index (κ2) is 7.29. The molecule has 1 aliphatic heterocycles. The fraction of sp³-hybridized carbons (Fsp3) is 0.619. The SMILES string of the molecule is COc1cccc(C2CC(NC(=O)C3CCCN(C(C)(C)C)C3=O)C2)c1. The summed E-state index contributed by atoms with van der Waals surface area (Å²) in [6.45, 7) is 6.81. The monoisotopic (exact) mass is 358 g/mol. The molecule has 2 fully saturated rings. The zero-order chi connectivity index (χ0) is 18.9. The molecule has 1 saturated carbocycles. The zero-order valence-electron chi connectivity index (χ0n) is 16.2. The number of rotatable bonds is 4. The summed E-state index contributed by atoms with van der Waals surface area (Å²) in [7, 11) is 1.67. The second-order valence-electron chi connectivity index (χ2n) is 8.51. The number of ether oxygens (including phenoxy) is 1. The fourth-order valence-electron chi connectivity index (χ4n) is 3.99. The first-order valence-corrected chi connectivity index (χ1v) is 9.55. The molecule has 0 radical (unpaired) electrons. The average molecular weight is 358 g/mol. The largest absolute Gasteiger partial charge is 0.497 e. The lowest BCUT2D eigenvalue weighted by molar-refractivity contribution is -0.149. The van der Waals surface area contributed by atoms with Crippen molar-refractivity contribution in [1.29, 1.82) is 0 Å². The molecule has 1 aromatic rings. The van der Waals surface area contributed by atoms with Gasteiger partial charge in [0.05, 0.1) is 7.11 Å². The number of hydrogen-bond acceptors (Lipinski definition) is 3. The smallest absolute Gasteiger partial charge is 0.235 e. The van der Waals surface area contributed by atoms with Gasteiger partial charge in [-0.05, 0) is 70.1 Å². The molecular weight excluding hydrogens is 328 g/mol. The summed E-state index contributed by atoms with van der Waals surface area (Å²) < 4.78 is 5.28. The summed E-state index contributed by atoms with van der Waals surface area (Å²) in [4.78, 5) is 27.2. The highest BCUT2D eigenvalue weighted by Crippen LogP contribution is 2.38. The molecule has 1 heterocycles. The Hall–Kier alpha value is -2.04. The third-order valence-corrected chi connectivity index (χ3v) is 5.61. The normalized spacial score (nSPS) is 26.2. The Balaban J connectivity index is 1.54. The Labute approximate surface area is 156 Å². The zero-order valence-corrected chi connectivity index (χ0v) is 16.2. The van der Waals surface area contributed by atoms with Gasteiger partial charge in [-0.1, -0.05) is 12.1 Å². The van der Waals surface area contributed by atoms with Gasteiger partial charge in [-0.2, -0.15) is 0 Å². The van der Waals surface area contributed by atoms with Crippen molar-refractivity contribution in [1.82, 2.24) is 10.2 Å². The van der Waals surface area contributed by atoms with Crippen molar-refractivity contribution in [3.63, 3.8) is 0 Å². The minimum Gasteiger partial charge on any atom is -0.497 e. The summed E-state index contributed by atoms with van der Waals surface area (Å²) in [5.41, 5.74) is 1.02. The molecule has 0 aromatic heterocycles. The molecule has 3 rings (SSSR count). The van der Waals surface area contributed by atoms with Gasteiger partial charge in [0.1, 0.15) is 11.7 Å². The van der Waals surface area contributed by atoms with E-state index in [1.807, 2.05) is 37.8 Å². The molecule has 2 aliphatic rings. The minimum absolute atomic E-state index is 0.0232. The number of carbonyl (C=O) groups is 2. The van der Waals surface area contributed by atoms with Gasteiger partial charge in [0.25, 0.3) is 0 Å². The molecule has 5 nitrogen and oxygen atoms in total. The molecule has 1 aliphatic carbocycles. The molecule has 1 aromatic carbocycles. The maximum Gasteiger partial charge on any atom is 0.235 e. The van der Waals surface area contributed by atoms with Gasteiger partial charge in [-0.3, -0.25) is 9.59 Å². The number of hydrogen-bond donors (Lipinski definition) is 1. The summed E-state index contributed by atoms with van der Waals surface area (Å²) >= 11 is 0. The van der Waals surface area contributed by atoms with Crippen molar-refractivity contribution in [2.24, 2.45) is 5.92 Å². The van der Waals surface area contributed by atoms with Crippen LogP contribution in [-0.4, -0.2) is 41.9 Å². The van der Waals surface area contributed by atoms with Gasteiger partial charge in [0.2, 0.25) is 11.8 Å². The van der Waals surface area contributed by atoms with Crippen molar-refractivity contribution in [2.45, 2.75) is 64.0 Å². The average Bonchev–Trinajstić information content (AvgIpc) is 2.56. The van der Waals surface area contributed by atoms with Crippen molar-refractivity contribution in [3.8, 4) is 5.75 Å². The number of methoxy groups -OCH3 is 1. The predicted octanol–water partition coefficient (Wildman–Crippen LogP) is 3.09. The third-order valence-electron chi connectivity index (χ3n) is 5.61. The topological polar surface area (TPSA) is 58.6 Å². The number of piperidine rings is 1. The molecule has 1 saturated heterocycles.